The van der Waals surface area contributed by atoms with Crippen LogP contribution in [0, 0.1) is 0 Å². The van der Waals surface area contributed by atoms with Crippen LogP contribution in [-0.4, -0.2) is 48.8 Å². The summed E-state index contributed by atoms with van der Waals surface area (Å²) in [4.78, 5) is 27.8. The lowest BCUT2D eigenvalue weighted by Gasteiger charge is -2.16. The maximum atomic E-state index is 13.1. The van der Waals surface area contributed by atoms with Crippen molar-refractivity contribution in [2.24, 2.45) is 10.7 Å². The number of aliphatic carboxylic acids is 1. The standard InChI is InChI=1S/C20H18F3N3O5/c21-20(22,23)15-3-1-2-4-16(15)30-11-14-10-26(19(29)31-14)13-7-5-12(6-8-13)18(24)25-9-17(27)28/h1-8,14H,9-11H2,(H2,24,25)(H,27,28). The molecule has 1 atom stereocenters. The van der Waals surface area contributed by atoms with E-state index in [1.165, 1.54) is 23.1 Å². The molecule has 0 bridgehead atoms. The van der Waals surface area contributed by atoms with Gasteiger partial charge in [-0.05, 0) is 36.4 Å². The Morgan fingerprint density at radius 2 is 1.90 bits per heavy atom. The number of anilines is 1. The van der Waals surface area contributed by atoms with Gasteiger partial charge in [-0.25, -0.2) is 4.79 Å². The van der Waals surface area contributed by atoms with Gasteiger partial charge in [0.1, 0.15) is 24.7 Å². The van der Waals surface area contributed by atoms with Crippen molar-refractivity contribution in [3.63, 3.8) is 0 Å². The highest BCUT2D eigenvalue weighted by Gasteiger charge is 2.36. The Balaban J connectivity index is 1.63. The largest absolute Gasteiger partial charge is 0.489 e. The number of aliphatic imine (C=N–C) groups is 1. The molecule has 3 rings (SSSR count). The first-order chi connectivity index (χ1) is 14.6. The minimum atomic E-state index is -4.56. The molecule has 1 heterocycles. The van der Waals surface area contributed by atoms with Crippen molar-refractivity contribution < 1.29 is 37.3 Å². The van der Waals surface area contributed by atoms with Crippen molar-refractivity contribution in [3.05, 3.63) is 59.7 Å². The van der Waals surface area contributed by atoms with E-state index < -0.39 is 36.5 Å². The Kier molecular flexibility index (Phi) is 6.33. The predicted octanol–water partition coefficient (Wildman–Crippen LogP) is 2.90. The zero-order chi connectivity index (χ0) is 22.6. The van der Waals surface area contributed by atoms with E-state index in [1.807, 2.05) is 0 Å². The van der Waals surface area contributed by atoms with Crippen LogP contribution in [0.1, 0.15) is 11.1 Å². The first kappa shape index (κ1) is 21.9. The number of carboxylic acid groups (broad SMARTS) is 1. The van der Waals surface area contributed by atoms with Crippen LogP contribution in [0.4, 0.5) is 23.7 Å². The zero-order valence-electron chi connectivity index (χ0n) is 16.0. The number of amidine groups is 1. The summed E-state index contributed by atoms with van der Waals surface area (Å²) in [6, 6.07) is 11.1. The van der Waals surface area contributed by atoms with Crippen molar-refractivity contribution in [2.75, 3.05) is 24.6 Å². The molecule has 1 fully saturated rings. The number of cyclic esters (lactones) is 1. The Bertz CT molecular complexity index is 992. The lowest BCUT2D eigenvalue weighted by Crippen LogP contribution is -2.27. The number of amides is 1. The van der Waals surface area contributed by atoms with Gasteiger partial charge in [0.15, 0.2) is 6.10 Å². The number of carbonyl (C=O) groups is 2. The molecule has 3 N–H and O–H groups in total. The number of nitrogens with two attached hydrogens (primary N) is 1. The summed E-state index contributed by atoms with van der Waals surface area (Å²) in [6.45, 7) is -0.637. The van der Waals surface area contributed by atoms with E-state index in [0.717, 1.165) is 6.07 Å². The van der Waals surface area contributed by atoms with Crippen LogP contribution in [0.25, 0.3) is 0 Å². The second kappa shape index (κ2) is 8.94. The van der Waals surface area contributed by atoms with Crippen LogP contribution < -0.4 is 15.4 Å². The van der Waals surface area contributed by atoms with E-state index in [9.17, 15) is 22.8 Å². The number of hydrogen-bond donors (Lipinski definition) is 2. The Morgan fingerprint density at radius 1 is 1.23 bits per heavy atom. The molecule has 2 aromatic carbocycles. The lowest BCUT2D eigenvalue weighted by atomic mass is 10.2. The van der Waals surface area contributed by atoms with Crippen LogP contribution in [0.2, 0.25) is 0 Å². The van der Waals surface area contributed by atoms with Gasteiger partial charge < -0.3 is 20.3 Å². The molecular formula is C20H18F3N3O5. The first-order valence-electron chi connectivity index (χ1n) is 9.04. The smallest absolute Gasteiger partial charge is 0.419 e. The molecule has 1 amide bonds. The number of nitrogens with zero attached hydrogens (tertiary/aromatic N) is 2. The molecule has 164 valence electrons. The van der Waals surface area contributed by atoms with Crippen molar-refractivity contribution >= 4 is 23.6 Å². The van der Waals surface area contributed by atoms with E-state index in [0.29, 0.717) is 11.3 Å². The highest BCUT2D eigenvalue weighted by molar-refractivity contribution is 5.99. The van der Waals surface area contributed by atoms with Gasteiger partial charge in [0, 0.05) is 11.3 Å². The third kappa shape index (κ3) is 5.44. The molecule has 1 aliphatic heterocycles. The number of rotatable bonds is 7. The van der Waals surface area contributed by atoms with Gasteiger partial charge in [-0.2, -0.15) is 13.2 Å². The summed E-state index contributed by atoms with van der Waals surface area (Å²) in [5, 5.41) is 8.64. The highest BCUT2D eigenvalue weighted by atomic mass is 19.4. The number of halogens is 3. The topological polar surface area (TPSA) is 114 Å². The van der Waals surface area contributed by atoms with Gasteiger partial charge in [0.25, 0.3) is 0 Å². The van der Waals surface area contributed by atoms with Gasteiger partial charge in [-0.15, -0.1) is 0 Å². The number of ether oxygens (including phenoxy) is 2. The summed E-state index contributed by atoms with van der Waals surface area (Å²) in [6.07, 6.45) is -6.00. The lowest BCUT2D eigenvalue weighted by molar-refractivity contribution is -0.139. The quantitative estimate of drug-likeness (QED) is 0.509. The number of benzene rings is 2. The van der Waals surface area contributed by atoms with Gasteiger partial charge in [-0.1, -0.05) is 12.1 Å². The summed E-state index contributed by atoms with van der Waals surface area (Å²) >= 11 is 0. The normalized spacial score (nSPS) is 16.9. The molecule has 0 saturated carbocycles. The number of carbonyl (C=O) groups excluding carboxylic acids is 1. The van der Waals surface area contributed by atoms with Gasteiger partial charge >= 0.3 is 18.2 Å². The SMILES string of the molecule is NC(=NCC(=O)O)c1ccc(N2CC(COc3ccccc3C(F)(F)F)OC2=O)cc1. The number of alkyl halides is 3. The Morgan fingerprint density at radius 3 is 2.55 bits per heavy atom. The molecule has 0 aliphatic carbocycles. The third-order valence-electron chi connectivity index (χ3n) is 4.35. The second-order valence-electron chi connectivity index (χ2n) is 6.56. The highest BCUT2D eigenvalue weighted by Crippen LogP contribution is 2.36. The summed E-state index contributed by atoms with van der Waals surface area (Å²) in [5.74, 6) is -1.43. The molecule has 1 unspecified atom stereocenters. The van der Waals surface area contributed by atoms with Crippen LogP contribution in [0.15, 0.2) is 53.5 Å². The van der Waals surface area contributed by atoms with Crippen LogP contribution in [0.5, 0.6) is 5.75 Å². The first-order valence-corrected chi connectivity index (χ1v) is 9.04. The maximum Gasteiger partial charge on any atom is 0.419 e. The monoisotopic (exact) mass is 437 g/mol. The maximum absolute atomic E-state index is 13.1. The van der Waals surface area contributed by atoms with E-state index in [1.54, 1.807) is 24.3 Å². The number of carboxylic acids is 1. The molecule has 2 aromatic rings. The number of hydrogen-bond acceptors (Lipinski definition) is 5. The second-order valence-corrected chi connectivity index (χ2v) is 6.56. The molecule has 11 heteroatoms. The van der Waals surface area contributed by atoms with E-state index in [2.05, 4.69) is 4.99 Å². The molecule has 0 aromatic heterocycles. The van der Waals surface area contributed by atoms with Crippen molar-refractivity contribution in [1.29, 1.82) is 0 Å². The molecule has 1 aliphatic rings. The number of para-hydroxylation sites is 1. The zero-order valence-corrected chi connectivity index (χ0v) is 16.0. The fourth-order valence-electron chi connectivity index (χ4n) is 2.88. The van der Waals surface area contributed by atoms with E-state index in [4.69, 9.17) is 20.3 Å². The minimum absolute atomic E-state index is 0.0348. The Labute approximate surface area is 174 Å². The molecule has 31 heavy (non-hydrogen) atoms. The summed E-state index contributed by atoms with van der Waals surface area (Å²) < 4.78 is 49.6. The van der Waals surface area contributed by atoms with Crippen LogP contribution in [0.3, 0.4) is 0 Å². The molecule has 8 nitrogen and oxygen atoms in total. The van der Waals surface area contributed by atoms with Gasteiger partial charge in [-0.3, -0.25) is 14.7 Å². The van der Waals surface area contributed by atoms with Gasteiger partial charge in [0.2, 0.25) is 0 Å². The molecule has 0 spiro atoms. The fraction of sp³-hybridized carbons (Fsp3) is 0.250. The van der Waals surface area contributed by atoms with E-state index in [-0.39, 0.29) is 24.7 Å². The molecule has 1 saturated heterocycles. The third-order valence-corrected chi connectivity index (χ3v) is 4.35. The fourth-order valence-corrected chi connectivity index (χ4v) is 2.88. The van der Waals surface area contributed by atoms with Crippen molar-refractivity contribution in [2.45, 2.75) is 12.3 Å². The van der Waals surface area contributed by atoms with Crippen LogP contribution >= 0.6 is 0 Å². The van der Waals surface area contributed by atoms with E-state index >= 15 is 0 Å². The summed E-state index contributed by atoms with van der Waals surface area (Å²) in [5.41, 5.74) is 5.75. The van der Waals surface area contributed by atoms with Crippen molar-refractivity contribution in [1.82, 2.24) is 0 Å². The van der Waals surface area contributed by atoms with Crippen LogP contribution in [-0.2, 0) is 15.7 Å². The molecule has 0 radical (unpaired) electrons. The van der Waals surface area contributed by atoms with Gasteiger partial charge in [0.05, 0.1) is 12.1 Å². The van der Waals surface area contributed by atoms with Crippen molar-refractivity contribution in [3.8, 4) is 5.75 Å². The average Bonchev–Trinajstić information content (AvgIpc) is 3.10. The molecular weight excluding hydrogens is 419 g/mol. The summed E-state index contributed by atoms with van der Waals surface area (Å²) in [7, 11) is 0. The Hall–Kier alpha value is -3.76. The average molecular weight is 437 g/mol. The minimum Gasteiger partial charge on any atom is -0.489 e. The predicted molar refractivity (Wildman–Crippen MR) is 104 cm³/mol.